The fourth-order valence-electron chi connectivity index (χ4n) is 2.03. The molecule has 4 N–H and O–H groups in total. The highest BCUT2D eigenvalue weighted by Gasteiger charge is 2.08. The van der Waals surface area contributed by atoms with E-state index in [4.69, 9.17) is 5.73 Å². The first-order chi connectivity index (χ1) is 9.79. The summed E-state index contributed by atoms with van der Waals surface area (Å²) in [5.74, 6) is 1.15. The molecular formula is C14H14N6. The third kappa shape index (κ3) is 2.07. The molecule has 0 saturated carbocycles. The Hall–Kier alpha value is -2.89. The van der Waals surface area contributed by atoms with Crippen molar-refractivity contribution in [3.8, 4) is 0 Å². The molecule has 100 valence electrons. The predicted molar refractivity (Wildman–Crippen MR) is 81.0 cm³/mol. The van der Waals surface area contributed by atoms with E-state index in [1.807, 2.05) is 30.3 Å². The molecule has 3 rings (SSSR count). The maximum Gasteiger partial charge on any atom is 0.159 e. The van der Waals surface area contributed by atoms with Crippen LogP contribution in [0.2, 0.25) is 0 Å². The molecule has 2 heterocycles. The van der Waals surface area contributed by atoms with Crippen LogP contribution in [0.15, 0.2) is 42.9 Å². The lowest BCUT2D eigenvalue weighted by molar-refractivity contribution is 1.16. The number of nitrogens with one attached hydrogen (secondary N) is 2. The quantitative estimate of drug-likeness (QED) is 0.674. The number of para-hydroxylation sites is 1. The number of benzene rings is 1. The van der Waals surface area contributed by atoms with Crippen molar-refractivity contribution in [2.45, 2.75) is 0 Å². The molecule has 0 aliphatic heterocycles. The molecule has 0 radical (unpaired) electrons. The summed E-state index contributed by atoms with van der Waals surface area (Å²) in [5, 5.41) is 7.19. The van der Waals surface area contributed by atoms with Crippen LogP contribution in [0.25, 0.3) is 10.9 Å². The summed E-state index contributed by atoms with van der Waals surface area (Å²) in [5.41, 5.74) is 8.22. The third-order valence-electron chi connectivity index (χ3n) is 3.01. The zero-order valence-corrected chi connectivity index (χ0v) is 11.0. The Balaban J connectivity index is 2.06. The van der Waals surface area contributed by atoms with Crippen LogP contribution in [0.3, 0.4) is 0 Å². The van der Waals surface area contributed by atoms with Crippen LogP contribution in [-0.4, -0.2) is 22.0 Å². The molecule has 2 aromatic heterocycles. The van der Waals surface area contributed by atoms with E-state index in [9.17, 15) is 0 Å². The van der Waals surface area contributed by atoms with Crippen LogP contribution in [0.4, 0.5) is 23.0 Å². The Kier molecular flexibility index (Phi) is 3.04. The largest absolute Gasteiger partial charge is 0.393 e. The van der Waals surface area contributed by atoms with Gasteiger partial charge in [-0.05, 0) is 12.1 Å². The van der Waals surface area contributed by atoms with E-state index in [0.717, 1.165) is 16.6 Å². The number of nitrogens with two attached hydrogens (primary N) is 1. The van der Waals surface area contributed by atoms with Gasteiger partial charge in [0.2, 0.25) is 0 Å². The Morgan fingerprint density at radius 3 is 2.65 bits per heavy atom. The molecule has 0 fully saturated rings. The molecule has 1 aromatic carbocycles. The fourth-order valence-corrected chi connectivity index (χ4v) is 2.03. The van der Waals surface area contributed by atoms with Gasteiger partial charge in [-0.25, -0.2) is 9.97 Å². The monoisotopic (exact) mass is 266 g/mol. The fraction of sp³-hybridized carbons (Fsp3) is 0.0714. The van der Waals surface area contributed by atoms with Gasteiger partial charge < -0.3 is 16.4 Å². The van der Waals surface area contributed by atoms with Crippen molar-refractivity contribution >= 4 is 33.9 Å². The smallest absolute Gasteiger partial charge is 0.159 e. The third-order valence-corrected chi connectivity index (χ3v) is 3.01. The number of hydrogen-bond acceptors (Lipinski definition) is 6. The van der Waals surface area contributed by atoms with Crippen molar-refractivity contribution < 1.29 is 0 Å². The molecule has 0 spiro atoms. The maximum atomic E-state index is 6.02. The van der Waals surface area contributed by atoms with Gasteiger partial charge >= 0.3 is 0 Å². The van der Waals surface area contributed by atoms with Crippen molar-refractivity contribution in [2.75, 3.05) is 23.4 Å². The SMILES string of the molecule is CNc1ncnc(Nc2cccc3cccnc23)c1N. The highest BCUT2D eigenvalue weighted by Crippen LogP contribution is 2.28. The van der Waals surface area contributed by atoms with Gasteiger partial charge in [0.15, 0.2) is 11.6 Å². The lowest BCUT2D eigenvalue weighted by Crippen LogP contribution is -2.05. The summed E-state index contributed by atoms with van der Waals surface area (Å²) < 4.78 is 0. The van der Waals surface area contributed by atoms with Gasteiger partial charge in [0.25, 0.3) is 0 Å². The van der Waals surface area contributed by atoms with Gasteiger partial charge in [-0.2, -0.15) is 0 Å². The van der Waals surface area contributed by atoms with Crippen molar-refractivity contribution in [2.24, 2.45) is 0 Å². The molecule has 0 unspecified atom stereocenters. The van der Waals surface area contributed by atoms with Gasteiger partial charge in [-0.3, -0.25) is 4.98 Å². The first-order valence-corrected chi connectivity index (χ1v) is 6.18. The summed E-state index contributed by atoms with van der Waals surface area (Å²) in [4.78, 5) is 12.6. The van der Waals surface area contributed by atoms with Gasteiger partial charge in [0, 0.05) is 18.6 Å². The molecule has 0 aliphatic rings. The summed E-state index contributed by atoms with van der Waals surface area (Å²) in [7, 11) is 1.77. The van der Waals surface area contributed by atoms with E-state index in [1.54, 1.807) is 13.2 Å². The van der Waals surface area contributed by atoms with E-state index >= 15 is 0 Å². The van der Waals surface area contributed by atoms with Crippen molar-refractivity contribution in [3.05, 3.63) is 42.9 Å². The minimum atomic E-state index is 0.475. The summed E-state index contributed by atoms with van der Waals surface area (Å²) in [6.45, 7) is 0. The number of anilines is 4. The number of hydrogen-bond donors (Lipinski definition) is 3. The lowest BCUT2D eigenvalue weighted by atomic mass is 10.2. The van der Waals surface area contributed by atoms with Crippen LogP contribution < -0.4 is 16.4 Å². The Labute approximate surface area is 116 Å². The second-order valence-electron chi connectivity index (χ2n) is 4.24. The van der Waals surface area contributed by atoms with Crippen LogP contribution in [-0.2, 0) is 0 Å². The van der Waals surface area contributed by atoms with Gasteiger partial charge in [-0.15, -0.1) is 0 Å². The summed E-state index contributed by atoms with van der Waals surface area (Å²) in [6, 6.07) is 9.83. The maximum absolute atomic E-state index is 6.02. The Morgan fingerprint density at radius 1 is 1.00 bits per heavy atom. The first kappa shape index (κ1) is 12.2. The van der Waals surface area contributed by atoms with Gasteiger partial charge in [0.1, 0.15) is 12.0 Å². The molecule has 0 atom stereocenters. The standard InChI is InChI=1S/C14H14N6/c1-16-13-11(15)14(19-8-18-13)20-10-6-2-4-9-5-3-7-17-12(9)10/h2-8H,15H2,1H3,(H2,16,18,19,20). The van der Waals surface area contributed by atoms with Crippen LogP contribution in [0, 0.1) is 0 Å². The lowest BCUT2D eigenvalue weighted by Gasteiger charge is -2.12. The number of pyridine rings is 1. The van der Waals surface area contributed by atoms with Crippen LogP contribution in [0.1, 0.15) is 0 Å². The number of aromatic nitrogens is 3. The predicted octanol–water partition coefficient (Wildman–Crippen LogP) is 2.39. The molecule has 6 heteroatoms. The molecule has 0 bridgehead atoms. The van der Waals surface area contributed by atoms with E-state index in [-0.39, 0.29) is 0 Å². The molecule has 0 saturated heterocycles. The molecule has 20 heavy (non-hydrogen) atoms. The molecule has 0 aliphatic carbocycles. The molecule has 6 nitrogen and oxygen atoms in total. The highest BCUT2D eigenvalue weighted by atomic mass is 15.1. The van der Waals surface area contributed by atoms with Gasteiger partial charge in [0.05, 0.1) is 11.2 Å². The second-order valence-corrected chi connectivity index (χ2v) is 4.24. The minimum absolute atomic E-state index is 0.475. The number of fused-ring (bicyclic) bond motifs is 1. The Bertz CT molecular complexity index is 750. The average molecular weight is 266 g/mol. The van der Waals surface area contributed by atoms with Crippen LogP contribution in [0.5, 0.6) is 0 Å². The molecule has 0 amide bonds. The van der Waals surface area contributed by atoms with Crippen LogP contribution >= 0.6 is 0 Å². The number of nitrogens with zero attached hydrogens (tertiary/aromatic N) is 3. The minimum Gasteiger partial charge on any atom is -0.393 e. The molecule has 3 aromatic rings. The summed E-state index contributed by atoms with van der Waals surface area (Å²) >= 11 is 0. The van der Waals surface area contributed by atoms with E-state index in [0.29, 0.717) is 17.3 Å². The van der Waals surface area contributed by atoms with E-state index in [2.05, 4.69) is 25.6 Å². The summed E-state index contributed by atoms with van der Waals surface area (Å²) in [6.07, 6.45) is 3.22. The van der Waals surface area contributed by atoms with Gasteiger partial charge in [-0.1, -0.05) is 18.2 Å². The van der Waals surface area contributed by atoms with Crippen molar-refractivity contribution in [1.29, 1.82) is 0 Å². The normalized spacial score (nSPS) is 10.4. The number of rotatable bonds is 3. The van der Waals surface area contributed by atoms with E-state index < -0.39 is 0 Å². The first-order valence-electron chi connectivity index (χ1n) is 6.18. The zero-order valence-electron chi connectivity index (χ0n) is 11.0. The van der Waals surface area contributed by atoms with Crippen molar-refractivity contribution in [1.82, 2.24) is 15.0 Å². The van der Waals surface area contributed by atoms with Crippen molar-refractivity contribution in [3.63, 3.8) is 0 Å². The molecular weight excluding hydrogens is 252 g/mol. The van der Waals surface area contributed by atoms with E-state index in [1.165, 1.54) is 6.33 Å². The average Bonchev–Trinajstić information content (AvgIpc) is 2.50. The Morgan fingerprint density at radius 2 is 1.80 bits per heavy atom. The highest BCUT2D eigenvalue weighted by molar-refractivity contribution is 5.93. The number of nitrogen functional groups attached to an aromatic ring is 1. The topological polar surface area (TPSA) is 88.8 Å². The second kappa shape index (κ2) is 5.00. The zero-order chi connectivity index (χ0) is 13.9.